The van der Waals surface area contributed by atoms with Crippen molar-refractivity contribution in [1.29, 1.82) is 0 Å². The average molecular weight is 296 g/mol. The Kier molecular flexibility index (Phi) is 5.44. The van der Waals surface area contributed by atoms with Crippen LogP contribution >= 0.6 is 11.6 Å². The third-order valence-corrected chi connectivity index (χ3v) is 4.57. The maximum Gasteiger partial charge on any atom is 0.252 e. The zero-order valence-corrected chi connectivity index (χ0v) is 12.7. The van der Waals surface area contributed by atoms with Crippen LogP contribution in [0.1, 0.15) is 42.5 Å². The summed E-state index contributed by atoms with van der Waals surface area (Å²) in [4.78, 5) is 12.2. The first-order valence-electron chi connectivity index (χ1n) is 7.19. The summed E-state index contributed by atoms with van der Waals surface area (Å²) in [5, 5.41) is 3.55. The minimum absolute atomic E-state index is 0.0840. The molecule has 0 spiro atoms. The van der Waals surface area contributed by atoms with Crippen molar-refractivity contribution in [2.75, 3.05) is 20.3 Å². The van der Waals surface area contributed by atoms with Crippen LogP contribution in [-0.4, -0.2) is 26.2 Å². The number of benzene rings is 1. The summed E-state index contributed by atoms with van der Waals surface area (Å²) in [6.07, 6.45) is 5.82. The minimum Gasteiger partial charge on any atom is -0.385 e. The first kappa shape index (κ1) is 15.3. The summed E-state index contributed by atoms with van der Waals surface area (Å²) in [5.74, 6) is -0.0840. The molecule has 0 atom stereocenters. The van der Waals surface area contributed by atoms with Crippen LogP contribution in [0.25, 0.3) is 0 Å². The zero-order valence-electron chi connectivity index (χ0n) is 12.0. The summed E-state index contributed by atoms with van der Waals surface area (Å²) in [7, 11) is 1.73. The molecule has 20 heavy (non-hydrogen) atoms. The van der Waals surface area contributed by atoms with E-state index in [-0.39, 0.29) is 11.3 Å². The Morgan fingerprint density at radius 3 is 2.70 bits per heavy atom. The third kappa shape index (κ3) is 3.74. The van der Waals surface area contributed by atoms with E-state index in [1.54, 1.807) is 19.2 Å². The molecule has 1 aromatic rings. The van der Waals surface area contributed by atoms with Crippen LogP contribution < -0.4 is 5.32 Å². The van der Waals surface area contributed by atoms with Gasteiger partial charge < -0.3 is 10.1 Å². The maximum atomic E-state index is 12.2. The van der Waals surface area contributed by atoms with Crippen molar-refractivity contribution in [3.05, 3.63) is 34.9 Å². The van der Waals surface area contributed by atoms with E-state index in [1.165, 1.54) is 25.7 Å². The van der Waals surface area contributed by atoms with Gasteiger partial charge in [-0.3, -0.25) is 4.79 Å². The number of amides is 1. The lowest BCUT2D eigenvalue weighted by molar-refractivity contribution is 0.0903. The molecule has 0 bridgehead atoms. The smallest absolute Gasteiger partial charge is 0.252 e. The fourth-order valence-electron chi connectivity index (χ4n) is 2.97. The molecule has 0 unspecified atom stereocenters. The van der Waals surface area contributed by atoms with E-state index >= 15 is 0 Å². The second kappa shape index (κ2) is 7.09. The Morgan fingerprint density at radius 1 is 1.35 bits per heavy atom. The van der Waals surface area contributed by atoms with Crippen molar-refractivity contribution in [2.24, 2.45) is 5.41 Å². The van der Waals surface area contributed by atoms with Crippen LogP contribution in [0.15, 0.2) is 24.3 Å². The van der Waals surface area contributed by atoms with Crippen LogP contribution in [0.3, 0.4) is 0 Å². The van der Waals surface area contributed by atoms with E-state index in [0.717, 1.165) is 13.0 Å². The minimum atomic E-state index is -0.0840. The number of rotatable bonds is 6. The molecule has 0 aromatic heterocycles. The maximum absolute atomic E-state index is 12.2. The number of halogens is 1. The van der Waals surface area contributed by atoms with Gasteiger partial charge in [-0.05, 0) is 36.8 Å². The van der Waals surface area contributed by atoms with E-state index < -0.39 is 0 Å². The van der Waals surface area contributed by atoms with E-state index in [9.17, 15) is 4.79 Å². The molecule has 1 fully saturated rings. The van der Waals surface area contributed by atoms with E-state index in [4.69, 9.17) is 16.3 Å². The predicted molar refractivity (Wildman–Crippen MR) is 81.2 cm³/mol. The molecular weight excluding hydrogens is 274 g/mol. The lowest BCUT2D eigenvalue weighted by atomic mass is 9.83. The normalized spacial score (nSPS) is 17.1. The number of methoxy groups -OCH3 is 1. The largest absolute Gasteiger partial charge is 0.385 e. The summed E-state index contributed by atoms with van der Waals surface area (Å²) in [6, 6.07) is 7.16. The highest BCUT2D eigenvalue weighted by atomic mass is 35.5. The predicted octanol–water partition coefficient (Wildman–Crippen LogP) is 3.67. The molecule has 0 radical (unpaired) electrons. The van der Waals surface area contributed by atoms with E-state index in [1.807, 2.05) is 12.1 Å². The number of hydrogen-bond donors (Lipinski definition) is 1. The van der Waals surface area contributed by atoms with Gasteiger partial charge in [0.2, 0.25) is 0 Å². The third-order valence-electron chi connectivity index (χ3n) is 4.24. The molecule has 0 saturated heterocycles. The Labute approximate surface area is 125 Å². The topological polar surface area (TPSA) is 38.3 Å². The molecular formula is C16H22ClNO2. The van der Waals surface area contributed by atoms with Gasteiger partial charge in [-0.1, -0.05) is 36.6 Å². The van der Waals surface area contributed by atoms with Crippen molar-refractivity contribution >= 4 is 17.5 Å². The fourth-order valence-corrected chi connectivity index (χ4v) is 3.19. The van der Waals surface area contributed by atoms with Gasteiger partial charge in [0, 0.05) is 20.3 Å². The highest BCUT2D eigenvalue weighted by Crippen LogP contribution is 2.40. The summed E-state index contributed by atoms with van der Waals surface area (Å²) in [5.41, 5.74) is 0.751. The van der Waals surface area contributed by atoms with Crippen LogP contribution in [0.4, 0.5) is 0 Å². The van der Waals surface area contributed by atoms with Crippen molar-refractivity contribution in [2.45, 2.75) is 32.1 Å². The van der Waals surface area contributed by atoms with Crippen LogP contribution in [0, 0.1) is 5.41 Å². The number of nitrogens with one attached hydrogen (secondary N) is 1. The summed E-state index contributed by atoms with van der Waals surface area (Å²) in [6.45, 7) is 1.46. The van der Waals surface area contributed by atoms with E-state index in [0.29, 0.717) is 17.1 Å². The molecule has 1 aliphatic carbocycles. The lowest BCUT2D eigenvalue weighted by Crippen LogP contribution is -2.36. The summed E-state index contributed by atoms with van der Waals surface area (Å²) < 4.78 is 5.21. The molecule has 2 rings (SSSR count). The Balaban J connectivity index is 1.96. The van der Waals surface area contributed by atoms with Gasteiger partial charge in [-0.25, -0.2) is 0 Å². The number of carbonyl (C=O) groups is 1. The van der Waals surface area contributed by atoms with Gasteiger partial charge >= 0.3 is 0 Å². The molecule has 1 N–H and O–H groups in total. The monoisotopic (exact) mass is 295 g/mol. The molecule has 110 valence electrons. The summed E-state index contributed by atoms with van der Waals surface area (Å²) >= 11 is 6.05. The highest BCUT2D eigenvalue weighted by molar-refractivity contribution is 6.33. The molecule has 0 aliphatic heterocycles. The Bertz CT molecular complexity index is 456. The first-order valence-corrected chi connectivity index (χ1v) is 7.56. The number of ether oxygens (including phenoxy) is 1. The van der Waals surface area contributed by atoms with Gasteiger partial charge in [0.05, 0.1) is 10.6 Å². The lowest BCUT2D eigenvalue weighted by Gasteiger charge is -2.29. The standard InChI is InChI=1S/C16H22ClNO2/c1-20-11-10-16(8-4-5-9-16)12-18-15(19)13-6-2-3-7-14(13)17/h2-3,6-7H,4-5,8-12H2,1H3,(H,18,19). The second-order valence-corrected chi connectivity index (χ2v) is 6.02. The van der Waals surface area contributed by atoms with Crippen LogP contribution in [0.5, 0.6) is 0 Å². The van der Waals surface area contributed by atoms with Crippen molar-refractivity contribution in [1.82, 2.24) is 5.32 Å². The average Bonchev–Trinajstić information content (AvgIpc) is 2.92. The van der Waals surface area contributed by atoms with Crippen LogP contribution in [0.2, 0.25) is 5.02 Å². The Morgan fingerprint density at radius 2 is 2.05 bits per heavy atom. The van der Waals surface area contributed by atoms with E-state index in [2.05, 4.69) is 5.32 Å². The first-order chi connectivity index (χ1) is 9.67. The van der Waals surface area contributed by atoms with Gasteiger partial charge in [0.15, 0.2) is 0 Å². The van der Waals surface area contributed by atoms with Crippen molar-refractivity contribution in [3.8, 4) is 0 Å². The number of carbonyl (C=O) groups excluding carboxylic acids is 1. The molecule has 3 nitrogen and oxygen atoms in total. The van der Waals surface area contributed by atoms with Crippen molar-refractivity contribution < 1.29 is 9.53 Å². The van der Waals surface area contributed by atoms with Crippen LogP contribution in [-0.2, 0) is 4.74 Å². The van der Waals surface area contributed by atoms with Gasteiger partial charge in [-0.15, -0.1) is 0 Å². The van der Waals surface area contributed by atoms with Gasteiger partial charge in [0.25, 0.3) is 5.91 Å². The molecule has 1 amide bonds. The quantitative estimate of drug-likeness (QED) is 0.869. The van der Waals surface area contributed by atoms with Gasteiger partial charge in [-0.2, -0.15) is 0 Å². The SMILES string of the molecule is COCCC1(CNC(=O)c2ccccc2Cl)CCCC1. The number of hydrogen-bond acceptors (Lipinski definition) is 2. The van der Waals surface area contributed by atoms with Gasteiger partial charge in [0.1, 0.15) is 0 Å². The fraction of sp³-hybridized carbons (Fsp3) is 0.562. The molecule has 1 aliphatic rings. The van der Waals surface area contributed by atoms with Crippen molar-refractivity contribution in [3.63, 3.8) is 0 Å². The Hall–Kier alpha value is -1.06. The highest BCUT2D eigenvalue weighted by Gasteiger charge is 2.33. The molecule has 1 aromatic carbocycles. The second-order valence-electron chi connectivity index (χ2n) is 5.61. The molecule has 4 heteroatoms. The molecule has 1 saturated carbocycles. The molecule has 0 heterocycles. The zero-order chi connectivity index (χ0) is 14.4.